The summed E-state index contributed by atoms with van der Waals surface area (Å²) in [5, 5.41) is 16.0. The minimum Gasteiger partial charge on any atom is -0.383 e. The molecule has 1 aromatic rings. The summed E-state index contributed by atoms with van der Waals surface area (Å²) in [6.07, 6.45) is 3.60. The van der Waals surface area contributed by atoms with Crippen LogP contribution < -0.4 is 0 Å². The fourth-order valence-electron chi connectivity index (χ4n) is 2.64. The van der Waals surface area contributed by atoms with Gasteiger partial charge in [0, 0.05) is 5.38 Å². The van der Waals surface area contributed by atoms with Gasteiger partial charge < -0.3 is 5.11 Å². The van der Waals surface area contributed by atoms with Crippen LogP contribution in [0, 0.1) is 11.8 Å². The Kier molecular flexibility index (Phi) is 1.20. The van der Waals surface area contributed by atoms with Gasteiger partial charge in [-0.2, -0.15) is 0 Å². The maximum Gasteiger partial charge on any atom is 0.116 e. The van der Waals surface area contributed by atoms with Crippen molar-refractivity contribution in [2.45, 2.75) is 24.9 Å². The smallest absolute Gasteiger partial charge is 0.116 e. The van der Waals surface area contributed by atoms with E-state index in [1.54, 1.807) is 0 Å². The van der Waals surface area contributed by atoms with Gasteiger partial charge in [0.25, 0.3) is 0 Å². The molecule has 0 amide bonds. The van der Waals surface area contributed by atoms with Gasteiger partial charge in [-0.05, 0) is 36.2 Å². The zero-order valence-electron chi connectivity index (χ0n) is 6.60. The largest absolute Gasteiger partial charge is 0.383 e. The van der Waals surface area contributed by atoms with E-state index in [-0.39, 0.29) is 0 Å². The maximum atomic E-state index is 10.2. The highest BCUT2D eigenvalue weighted by atomic mass is 32.1. The third-order valence-corrected chi connectivity index (χ3v) is 3.81. The third kappa shape index (κ3) is 0.653. The molecule has 2 atom stereocenters. The molecule has 1 aromatic heterocycles. The molecule has 1 N–H and O–H groups in total. The Morgan fingerprint density at radius 3 is 2.83 bits per heavy atom. The van der Waals surface area contributed by atoms with Crippen molar-refractivity contribution in [3.8, 4) is 0 Å². The van der Waals surface area contributed by atoms with Gasteiger partial charge in [-0.3, -0.25) is 0 Å². The zero-order valence-corrected chi connectivity index (χ0v) is 7.42. The van der Waals surface area contributed by atoms with Crippen molar-refractivity contribution in [2.75, 3.05) is 0 Å². The lowest BCUT2D eigenvalue weighted by atomic mass is 10.1. The summed E-state index contributed by atoms with van der Waals surface area (Å²) in [6.45, 7) is 0. The molecule has 2 aliphatic rings. The Morgan fingerprint density at radius 2 is 2.25 bits per heavy atom. The van der Waals surface area contributed by atoms with Crippen molar-refractivity contribution >= 4 is 11.5 Å². The van der Waals surface area contributed by atoms with Crippen LogP contribution in [0.2, 0.25) is 0 Å². The normalized spacial score (nSPS) is 44.4. The molecule has 0 spiro atoms. The number of fused-ring (bicyclic) bond motifs is 1. The Balaban J connectivity index is 1.96. The zero-order chi connectivity index (χ0) is 8.18. The second kappa shape index (κ2) is 2.06. The predicted molar refractivity (Wildman–Crippen MR) is 44.6 cm³/mol. The highest BCUT2D eigenvalue weighted by molar-refractivity contribution is 7.03. The van der Waals surface area contributed by atoms with Gasteiger partial charge in [-0.15, -0.1) is 5.10 Å². The summed E-state index contributed by atoms with van der Waals surface area (Å²) in [6, 6.07) is 0. The number of hydrogen-bond acceptors (Lipinski definition) is 4. The van der Waals surface area contributed by atoms with Gasteiger partial charge in [-0.1, -0.05) is 10.9 Å². The van der Waals surface area contributed by atoms with Crippen molar-refractivity contribution in [1.29, 1.82) is 0 Å². The maximum absolute atomic E-state index is 10.2. The molecule has 2 saturated carbocycles. The predicted octanol–water partition coefficient (Wildman–Crippen LogP) is 1.16. The molecular weight excluding hydrogens is 172 g/mol. The van der Waals surface area contributed by atoms with Gasteiger partial charge in [-0.25, -0.2) is 0 Å². The number of rotatable bonds is 1. The molecule has 0 saturated heterocycles. The monoisotopic (exact) mass is 182 g/mol. The second-order valence-electron chi connectivity index (χ2n) is 3.76. The van der Waals surface area contributed by atoms with E-state index < -0.39 is 5.60 Å². The molecule has 12 heavy (non-hydrogen) atoms. The molecule has 4 heteroatoms. The Hall–Kier alpha value is -0.480. The number of aromatic nitrogens is 2. The van der Waals surface area contributed by atoms with Crippen LogP contribution in [0.3, 0.4) is 0 Å². The molecular formula is C8H10N2OS. The van der Waals surface area contributed by atoms with Gasteiger partial charge in [0.2, 0.25) is 0 Å². The Morgan fingerprint density at radius 1 is 1.50 bits per heavy atom. The molecule has 2 aliphatic carbocycles. The molecule has 3 rings (SSSR count). The fraction of sp³-hybridized carbons (Fsp3) is 0.750. The van der Waals surface area contributed by atoms with E-state index in [2.05, 4.69) is 9.59 Å². The van der Waals surface area contributed by atoms with E-state index in [0.717, 1.165) is 5.69 Å². The summed E-state index contributed by atoms with van der Waals surface area (Å²) in [4.78, 5) is 0. The second-order valence-corrected chi connectivity index (χ2v) is 4.37. The van der Waals surface area contributed by atoms with Crippen molar-refractivity contribution in [2.24, 2.45) is 11.8 Å². The van der Waals surface area contributed by atoms with Crippen molar-refractivity contribution in [3.05, 3.63) is 11.1 Å². The van der Waals surface area contributed by atoms with Gasteiger partial charge >= 0.3 is 0 Å². The minimum atomic E-state index is -0.578. The number of hydrogen-bond donors (Lipinski definition) is 1. The van der Waals surface area contributed by atoms with Gasteiger partial charge in [0.15, 0.2) is 0 Å². The van der Waals surface area contributed by atoms with Crippen LogP contribution >= 0.6 is 11.5 Å². The molecule has 3 nitrogen and oxygen atoms in total. The molecule has 0 aromatic carbocycles. The first-order valence-corrected chi connectivity index (χ1v) is 5.17. The molecule has 0 bridgehead atoms. The molecule has 2 unspecified atom stereocenters. The van der Waals surface area contributed by atoms with E-state index in [9.17, 15) is 5.11 Å². The van der Waals surface area contributed by atoms with Crippen LogP contribution in [0.4, 0.5) is 0 Å². The quantitative estimate of drug-likeness (QED) is 0.708. The lowest BCUT2D eigenvalue weighted by Crippen LogP contribution is -2.13. The Labute approximate surface area is 74.6 Å². The molecule has 64 valence electrons. The van der Waals surface area contributed by atoms with Crippen LogP contribution in [0.15, 0.2) is 5.38 Å². The summed E-state index contributed by atoms with van der Waals surface area (Å²) in [5.41, 5.74) is 0.229. The average molecular weight is 182 g/mol. The minimum absolute atomic E-state index is 0.487. The Bertz CT molecular complexity index is 288. The van der Waals surface area contributed by atoms with Crippen molar-refractivity contribution in [3.63, 3.8) is 0 Å². The van der Waals surface area contributed by atoms with Crippen LogP contribution in [-0.4, -0.2) is 14.7 Å². The van der Waals surface area contributed by atoms with Crippen LogP contribution in [-0.2, 0) is 5.60 Å². The van der Waals surface area contributed by atoms with Crippen molar-refractivity contribution < 1.29 is 5.11 Å². The van der Waals surface area contributed by atoms with E-state index in [0.29, 0.717) is 11.8 Å². The number of nitrogens with zero attached hydrogens (tertiary/aromatic N) is 2. The standard InChI is InChI=1S/C8H10N2OS/c11-8(7-4-12-10-9-7)5-2-1-3-6(5)8/h4-6,11H,1-3H2. The summed E-state index contributed by atoms with van der Waals surface area (Å²) < 4.78 is 3.79. The average Bonchev–Trinajstić information content (AvgIpc) is 2.62. The molecule has 2 fully saturated rings. The van der Waals surface area contributed by atoms with Crippen molar-refractivity contribution in [1.82, 2.24) is 9.59 Å². The third-order valence-electron chi connectivity index (χ3n) is 3.31. The highest BCUT2D eigenvalue weighted by Gasteiger charge is 2.67. The summed E-state index contributed by atoms with van der Waals surface area (Å²) in [5.74, 6) is 0.975. The van der Waals surface area contributed by atoms with Crippen LogP contribution in [0.1, 0.15) is 25.0 Å². The summed E-state index contributed by atoms with van der Waals surface area (Å²) >= 11 is 1.32. The van der Waals surface area contributed by atoms with Crippen LogP contribution in [0.25, 0.3) is 0 Å². The first kappa shape index (κ1) is 6.97. The first-order valence-electron chi connectivity index (χ1n) is 4.33. The topological polar surface area (TPSA) is 46.0 Å². The van der Waals surface area contributed by atoms with E-state index in [1.807, 2.05) is 5.38 Å². The number of aliphatic hydroxyl groups is 1. The van der Waals surface area contributed by atoms with Gasteiger partial charge in [0.1, 0.15) is 11.3 Å². The SMILES string of the molecule is OC1(c2csnn2)C2CCCC21. The van der Waals surface area contributed by atoms with E-state index in [4.69, 9.17) is 0 Å². The van der Waals surface area contributed by atoms with Crippen LogP contribution in [0.5, 0.6) is 0 Å². The molecule has 0 radical (unpaired) electrons. The summed E-state index contributed by atoms with van der Waals surface area (Å²) in [7, 11) is 0. The molecule has 1 heterocycles. The lowest BCUT2D eigenvalue weighted by Gasteiger charge is -2.09. The van der Waals surface area contributed by atoms with Gasteiger partial charge in [0.05, 0.1) is 0 Å². The molecule has 0 aliphatic heterocycles. The van der Waals surface area contributed by atoms with E-state index >= 15 is 0 Å². The highest BCUT2D eigenvalue weighted by Crippen LogP contribution is 2.65. The fourth-order valence-corrected chi connectivity index (χ4v) is 3.16. The lowest BCUT2D eigenvalue weighted by molar-refractivity contribution is 0.101. The van der Waals surface area contributed by atoms with E-state index in [1.165, 1.54) is 30.8 Å². The first-order chi connectivity index (χ1) is 5.83.